The van der Waals surface area contributed by atoms with Crippen LogP contribution in [0.4, 0.5) is 0 Å². The zero-order chi connectivity index (χ0) is 5.70. The SMILES string of the molecule is CC[C@H](Br)CCBr. The summed E-state index contributed by atoms with van der Waals surface area (Å²) in [6.07, 6.45) is 2.46. The highest BCUT2D eigenvalue weighted by molar-refractivity contribution is 9.10. The van der Waals surface area contributed by atoms with Crippen LogP contribution in [-0.2, 0) is 0 Å². The smallest absolute Gasteiger partial charge is 0.0151 e. The zero-order valence-corrected chi connectivity index (χ0v) is 7.63. The molecule has 0 aromatic carbocycles. The van der Waals surface area contributed by atoms with Gasteiger partial charge in [-0.1, -0.05) is 38.8 Å². The molecule has 2 heteroatoms. The van der Waals surface area contributed by atoms with Crippen LogP contribution in [0.1, 0.15) is 19.8 Å². The average molecular weight is 230 g/mol. The van der Waals surface area contributed by atoms with Gasteiger partial charge in [-0.05, 0) is 12.8 Å². The van der Waals surface area contributed by atoms with Crippen LogP contribution in [0, 0.1) is 0 Å². The van der Waals surface area contributed by atoms with E-state index in [2.05, 4.69) is 38.8 Å². The average Bonchev–Trinajstić information content (AvgIpc) is 1.68. The van der Waals surface area contributed by atoms with Crippen molar-refractivity contribution in [3.63, 3.8) is 0 Å². The summed E-state index contributed by atoms with van der Waals surface area (Å²) in [6, 6.07) is 0. The van der Waals surface area contributed by atoms with E-state index in [4.69, 9.17) is 0 Å². The van der Waals surface area contributed by atoms with E-state index < -0.39 is 0 Å². The molecule has 0 aromatic rings. The van der Waals surface area contributed by atoms with E-state index >= 15 is 0 Å². The number of alkyl halides is 2. The van der Waals surface area contributed by atoms with Crippen LogP contribution >= 0.6 is 31.9 Å². The van der Waals surface area contributed by atoms with Crippen LogP contribution < -0.4 is 0 Å². The first-order valence-corrected chi connectivity index (χ1v) is 4.55. The van der Waals surface area contributed by atoms with Crippen molar-refractivity contribution in [2.24, 2.45) is 0 Å². The van der Waals surface area contributed by atoms with E-state index in [1.807, 2.05) is 0 Å². The molecule has 0 bridgehead atoms. The lowest BCUT2D eigenvalue weighted by atomic mass is 10.3. The standard InChI is InChI=1S/C5H10Br2/c1-2-5(7)3-4-6/h5H,2-4H2,1H3/t5-/m0/s1. The fraction of sp³-hybridized carbons (Fsp3) is 1.00. The Labute approximate surface area is 61.9 Å². The number of hydrogen-bond acceptors (Lipinski definition) is 0. The maximum atomic E-state index is 3.51. The molecular formula is C5H10Br2. The summed E-state index contributed by atoms with van der Waals surface area (Å²) < 4.78 is 0. The molecule has 0 rings (SSSR count). The predicted molar refractivity (Wildman–Crippen MR) is 41.4 cm³/mol. The Hall–Kier alpha value is 0.960. The van der Waals surface area contributed by atoms with Crippen LogP contribution in [0.25, 0.3) is 0 Å². The van der Waals surface area contributed by atoms with E-state index in [-0.39, 0.29) is 0 Å². The Morgan fingerprint density at radius 1 is 1.57 bits per heavy atom. The highest BCUT2D eigenvalue weighted by Gasteiger charge is 1.95. The largest absolute Gasteiger partial charge is 0.0928 e. The first kappa shape index (κ1) is 7.96. The van der Waals surface area contributed by atoms with Gasteiger partial charge in [0.15, 0.2) is 0 Å². The van der Waals surface area contributed by atoms with Gasteiger partial charge in [-0.15, -0.1) is 0 Å². The van der Waals surface area contributed by atoms with Crippen molar-refractivity contribution in [1.29, 1.82) is 0 Å². The minimum absolute atomic E-state index is 0.715. The summed E-state index contributed by atoms with van der Waals surface area (Å²) >= 11 is 6.87. The lowest BCUT2D eigenvalue weighted by Gasteiger charge is -1.99. The Balaban J connectivity index is 2.83. The summed E-state index contributed by atoms with van der Waals surface area (Å²) in [5, 5.41) is 1.11. The zero-order valence-electron chi connectivity index (χ0n) is 4.45. The molecule has 0 fully saturated rings. The molecule has 0 spiro atoms. The molecule has 0 N–H and O–H groups in total. The van der Waals surface area contributed by atoms with E-state index in [0.29, 0.717) is 4.83 Å². The van der Waals surface area contributed by atoms with Gasteiger partial charge in [-0.25, -0.2) is 0 Å². The van der Waals surface area contributed by atoms with Gasteiger partial charge in [0.1, 0.15) is 0 Å². The van der Waals surface area contributed by atoms with Crippen LogP contribution in [0.2, 0.25) is 0 Å². The predicted octanol–water partition coefficient (Wildman–Crippen LogP) is 2.94. The van der Waals surface area contributed by atoms with Crippen molar-refractivity contribution in [1.82, 2.24) is 0 Å². The van der Waals surface area contributed by atoms with Crippen molar-refractivity contribution in [3.05, 3.63) is 0 Å². The van der Waals surface area contributed by atoms with Gasteiger partial charge in [0.2, 0.25) is 0 Å². The van der Waals surface area contributed by atoms with Gasteiger partial charge >= 0.3 is 0 Å². The highest BCUT2D eigenvalue weighted by Crippen LogP contribution is 2.09. The van der Waals surface area contributed by atoms with Crippen LogP contribution in [0.3, 0.4) is 0 Å². The van der Waals surface area contributed by atoms with Crippen molar-refractivity contribution in [2.75, 3.05) is 5.33 Å². The molecule has 0 radical (unpaired) electrons. The summed E-state index contributed by atoms with van der Waals surface area (Å²) in [6.45, 7) is 2.18. The fourth-order valence-electron chi connectivity index (χ4n) is 0.323. The maximum absolute atomic E-state index is 3.51. The molecule has 0 aliphatic heterocycles. The molecule has 0 nitrogen and oxygen atoms in total. The van der Waals surface area contributed by atoms with Crippen molar-refractivity contribution < 1.29 is 0 Å². The molecular weight excluding hydrogens is 220 g/mol. The van der Waals surface area contributed by atoms with E-state index in [0.717, 1.165) is 5.33 Å². The molecule has 1 atom stereocenters. The van der Waals surface area contributed by atoms with Gasteiger partial charge < -0.3 is 0 Å². The second kappa shape index (κ2) is 5.10. The Morgan fingerprint density at radius 2 is 2.14 bits per heavy atom. The fourth-order valence-corrected chi connectivity index (χ4v) is 1.72. The molecule has 44 valence electrons. The third-order valence-electron chi connectivity index (χ3n) is 0.865. The van der Waals surface area contributed by atoms with Gasteiger partial charge in [0.25, 0.3) is 0 Å². The number of halogens is 2. The summed E-state index contributed by atoms with van der Waals surface area (Å²) in [4.78, 5) is 0.715. The van der Waals surface area contributed by atoms with Crippen LogP contribution in [0.15, 0.2) is 0 Å². The van der Waals surface area contributed by atoms with Crippen molar-refractivity contribution >= 4 is 31.9 Å². The second-order valence-electron chi connectivity index (χ2n) is 1.48. The quantitative estimate of drug-likeness (QED) is 0.653. The monoisotopic (exact) mass is 228 g/mol. The molecule has 0 saturated carbocycles. The minimum atomic E-state index is 0.715. The van der Waals surface area contributed by atoms with Gasteiger partial charge in [0, 0.05) is 10.2 Å². The lowest BCUT2D eigenvalue weighted by molar-refractivity contribution is 0.816. The Kier molecular flexibility index (Phi) is 5.80. The molecule has 0 amide bonds. The molecule has 0 heterocycles. The highest BCUT2D eigenvalue weighted by atomic mass is 79.9. The molecule has 0 aliphatic rings. The maximum Gasteiger partial charge on any atom is 0.0151 e. The summed E-state index contributed by atoms with van der Waals surface area (Å²) in [7, 11) is 0. The third-order valence-corrected chi connectivity index (χ3v) is 2.43. The molecule has 0 unspecified atom stereocenters. The summed E-state index contributed by atoms with van der Waals surface area (Å²) in [5.74, 6) is 0. The van der Waals surface area contributed by atoms with Crippen molar-refractivity contribution in [3.8, 4) is 0 Å². The molecule has 7 heavy (non-hydrogen) atoms. The minimum Gasteiger partial charge on any atom is -0.0928 e. The lowest BCUT2D eigenvalue weighted by Crippen LogP contribution is -1.93. The second-order valence-corrected chi connectivity index (χ2v) is 3.57. The van der Waals surface area contributed by atoms with Crippen molar-refractivity contribution in [2.45, 2.75) is 24.6 Å². The van der Waals surface area contributed by atoms with E-state index in [9.17, 15) is 0 Å². The van der Waals surface area contributed by atoms with Gasteiger partial charge in [-0.3, -0.25) is 0 Å². The van der Waals surface area contributed by atoms with Crippen LogP contribution in [-0.4, -0.2) is 10.2 Å². The van der Waals surface area contributed by atoms with E-state index in [1.54, 1.807) is 0 Å². The number of hydrogen-bond donors (Lipinski definition) is 0. The third kappa shape index (κ3) is 4.82. The van der Waals surface area contributed by atoms with E-state index in [1.165, 1.54) is 12.8 Å². The van der Waals surface area contributed by atoms with Crippen LogP contribution in [0.5, 0.6) is 0 Å². The first-order valence-electron chi connectivity index (χ1n) is 2.51. The number of rotatable bonds is 3. The van der Waals surface area contributed by atoms with Gasteiger partial charge in [-0.2, -0.15) is 0 Å². The topological polar surface area (TPSA) is 0 Å². The Bertz CT molecular complexity index is 37.1. The molecule has 0 aliphatic carbocycles. The Morgan fingerprint density at radius 3 is 2.29 bits per heavy atom. The van der Waals surface area contributed by atoms with Gasteiger partial charge in [0.05, 0.1) is 0 Å². The molecule has 0 saturated heterocycles. The normalized spacial score (nSPS) is 14.1. The summed E-state index contributed by atoms with van der Waals surface area (Å²) in [5.41, 5.74) is 0. The molecule has 0 aromatic heterocycles. The first-order chi connectivity index (χ1) is 3.31.